The van der Waals surface area contributed by atoms with Crippen LogP contribution in [0, 0.1) is 0 Å². The molecule has 2 aromatic carbocycles. The molecule has 0 bridgehead atoms. The van der Waals surface area contributed by atoms with E-state index in [1.54, 1.807) is 14.2 Å². The second-order valence-corrected chi connectivity index (χ2v) is 4.22. The molecule has 0 radical (unpaired) electrons. The Hall–Kier alpha value is -1.64. The van der Waals surface area contributed by atoms with Crippen LogP contribution in [0.2, 0.25) is 0 Å². The predicted molar refractivity (Wildman–Crippen MR) is 73.3 cm³/mol. The summed E-state index contributed by atoms with van der Waals surface area (Å²) in [7, 11) is 3.43. The molecular weight excluding hydrogens is 224 g/mol. The van der Waals surface area contributed by atoms with Crippen molar-refractivity contribution < 1.29 is 9.47 Å². The number of methoxy groups -OCH3 is 2. The Kier molecular flexibility index (Phi) is 4.51. The molecule has 2 aromatic rings. The summed E-state index contributed by atoms with van der Waals surface area (Å²) in [5.41, 5.74) is 4.80. The van der Waals surface area contributed by atoms with Gasteiger partial charge in [-0.1, -0.05) is 48.5 Å². The number of benzene rings is 2. The van der Waals surface area contributed by atoms with E-state index in [9.17, 15) is 0 Å². The highest BCUT2D eigenvalue weighted by atomic mass is 16.5. The minimum absolute atomic E-state index is 0.613. The third-order valence-electron chi connectivity index (χ3n) is 2.87. The zero-order chi connectivity index (χ0) is 12.8. The van der Waals surface area contributed by atoms with Gasteiger partial charge in [-0.2, -0.15) is 0 Å². The Morgan fingerprint density at radius 1 is 0.833 bits per heavy atom. The first-order valence-corrected chi connectivity index (χ1v) is 6.00. The lowest BCUT2D eigenvalue weighted by Gasteiger charge is -2.11. The average molecular weight is 242 g/mol. The Bertz CT molecular complexity index is 492. The standard InChI is InChI=1S/C16H18O2/c1-17-11-13-8-9-16(15(10-13)12-18-2)14-6-4-3-5-7-14/h3-10H,11-12H2,1-2H3. The van der Waals surface area contributed by atoms with Crippen molar-refractivity contribution in [1.82, 2.24) is 0 Å². The fourth-order valence-electron chi connectivity index (χ4n) is 2.08. The smallest absolute Gasteiger partial charge is 0.0719 e. The molecule has 0 aliphatic rings. The van der Waals surface area contributed by atoms with E-state index in [-0.39, 0.29) is 0 Å². The third kappa shape index (κ3) is 2.97. The summed E-state index contributed by atoms with van der Waals surface area (Å²) in [4.78, 5) is 0. The van der Waals surface area contributed by atoms with E-state index in [1.807, 2.05) is 6.07 Å². The van der Waals surface area contributed by atoms with Crippen LogP contribution in [0.5, 0.6) is 0 Å². The van der Waals surface area contributed by atoms with Gasteiger partial charge < -0.3 is 9.47 Å². The van der Waals surface area contributed by atoms with Gasteiger partial charge in [-0.05, 0) is 22.3 Å². The maximum Gasteiger partial charge on any atom is 0.0719 e. The van der Waals surface area contributed by atoms with Gasteiger partial charge in [0.25, 0.3) is 0 Å². The van der Waals surface area contributed by atoms with Crippen molar-refractivity contribution in [1.29, 1.82) is 0 Å². The van der Waals surface area contributed by atoms with Crippen LogP contribution in [0.15, 0.2) is 48.5 Å². The quantitative estimate of drug-likeness (QED) is 0.796. The molecule has 2 heteroatoms. The zero-order valence-electron chi connectivity index (χ0n) is 10.8. The van der Waals surface area contributed by atoms with Crippen LogP contribution in [0.3, 0.4) is 0 Å². The van der Waals surface area contributed by atoms with Crippen molar-refractivity contribution in [2.75, 3.05) is 14.2 Å². The number of hydrogen-bond acceptors (Lipinski definition) is 2. The minimum Gasteiger partial charge on any atom is -0.380 e. The fraction of sp³-hybridized carbons (Fsp3) is 0.250. The molecule has 0 atom stereocenters. The molecule has 0 spiro atoms. The van der Waals surface area contributed by atoms with E-state index in [0.717, 1.165) is 0 Å². The Labute approximate surface area is 108 Å². The van der Waals surface area contributed by atoms with Gasteiger partial charge in [0, 0.05) is 14.2 Å². The Morgan fingerprint density at radius 3 is 2.22 bits per heavy atom. The maximum atomic E-state index is 5.28. The molecule has 0 aliphatic carbocycles. The van der Waals surface area contributed by atoms with Crippen molar-refractivity contribution in [2.45, 2.75) is 13.2 Å². The molecular formula is C16H18O2. The first-order chi connectivity index (χ1) is 8.85. The summed E-state index contributed by atoms with van der Waals surface area (Å²) in [5.74, 6) is 0. The molecule has 18 heavy (non-hydrogen) atoms. The van der Waals surface area contributed by atoms with E-state index in [2.05, 4.69) is 42.5 Å². The number of ether oxygens (including phenoxy) is 2. The van der Waals surface area contributed by atoms with Crippen LogP contribution in [-0.2, 0) is 22.7 Å². The molecule has 0 aromatic heterocycles. The van der Waals surface area contributed by atoms with Crippen molar-refractivity contribution in [3.8, 4) is 11.1 Å². The topological polar surface area (TPSA) is 18.5 Å². The second-order valence-electron chi connectivity index (χ2n) is 4.22. The van der Waals surface area contributed by atoms with Gasteiger partial charge in [-0.15, -0.1) is 0 Å². The van der Waals surface area contributed by atoms with Crippen molar-refractivity contribution in [3.63, 3.8) is 0 Å². The van der Waals surface area contributed by atoms with Gasteiger partial charge in [0.2, 0.25) is 0 Å². The number of rotatable bonds is 5. The lowest BCUT2D eigenvalue weighted by molar-refractivity contribution is 0.180. The third-order valence-corrected chi connectivity index (χ3v) is 2.87. The van der Waals surface area contributed by atoms with Crippen LogP contribution in [0.25, 0.3) is 11.1 Å². The van der Waals surface area contributed by atoms with Crippen molar-refractivity contribution in [2.24, 2.45) is 0 Å². The molecule has 2 rings (SSSR count). The Balaban J connectivity index is 2.40. The highest BCUT2D eigenvalue weighted by Crippen LogP contribution is 2.25. The summed E-state index contributed by atoms with van der Waals surface area (Å²) in [6, 6.07) is 16.7. The highest BCUT2D eigenvalue weighted by molar-refractivity contribution is 5.67. The summed E-state index contributed by atoms with van der Waals surface area (Å²) >= 11 is 0. The van der Waals surface area contributed by atoms with Crippen LogP contribution in [0.1, 0.15) is 11.1 Å². The SMILES string of the molecule is COCc1ccc(-c2ccccc2)c(COC)c1. The predicted octanol–water partition coefficient (Wildman–Crippen LogP) is 3.65. The van der Waals surface area contributed by atoms with Gasteiger partial charge in [0.05, 0.1) is 13.2 Å². The fourth-order valence-corrected chi connectivity index (χ4v) is 2.08. The van der Waals surface area contributed by atoms with Crippen LogP contribution < -0.4 is 0 Å². The maximum absolute atomic E-state index is 5.28. The highest BCUT2D eigenvalue weighted by Gasteiger charge is 2.06. The van der Waals surface area contributed by atoms with Crippen molar-refractivity contribution in [3.05, 3.63) is 59.7 Å². The molecule has 2 nitrogen and oxygen atoms in total. The number of hydrogen-bond donors (Lipinski definition) is 0. The lowest BCUT2D eigenvalue weighted by Crippen LogP contribution is -1.96. The summed E-state index contributed by atoms with van der Waals surface area (Å²) in [5, 5.41) is 0. The zero-order valence-corrected chi connectivity index (χ0v) is 10.8. The van der Waals surface area contributed by atoms with E-state index < -0.39 is 0 Å². The lowest BCUT2D eigenvalue weighted by atomic mass is 9.98. The van der Waals surface area contributed by atoms with E-state index in [0.29, 0.717) is 13.2 Å². The van der Waals surface area contributed by atoms with Gasteiger partial charge >= 0.3 is 0 Å². The monoisotopic (exact) mass is 242 g/mol. The largest absolute Gasteiger partial charge is 0.380 e. The Morgan fingerprint density at radius 2 is 1.56 bits per heavy atom. The molecule has 94 valence electrons. The summed E-state index contributed by atoms with van der Waals surface area (Å²) in [6.45, 7) is 1.24. The normalized spacial score (nSPS) is 10.6. The van der Waals surface area contributed by atoms with Gasteiger partial charge in [-0.25, -0.2) is 0 Å². The molecule has 0 saturated heterocycles. The van der Waals surface area contributed by atoms with Crippen LogP contribution in [-0.4, -0.2) is 14.2 Å². The molecule has 0 saturated carbocycles. The second kappa shape index (κ2) is 6.34. The molecule has 0 N–H and O–H groups in total. The average Bonchev–Trinajstić information content (AvgIpc) is 2.41. The van der Waals surface area contributed by atoms with E-state index in [4.69, 9.17) is 9.47 Å². The molecule has 0 fully saturated rings. The van der Waals surface area contributed by atoms with Crippen LogP contribution in [0.4, 0.5) is 0 Å². The van der Waals surface area contributed by atoms with E-state index >= 15 is 0 Å². The summed E-state index contributed by atoms with van der Waals surface area (Å²) in [6.07, 6.45) is 0. The van der Waals surface area contributed by atoms with Gasteiger partial charge in [-0.3, -0.25) is 0 Å². The van der Waals surface area contributed by atoms with Gasteiger partial charge in [0.1, 0.15) is 0 Å². The van der Waals surface area contributed by atoms with Gasteiger partial charge in [0.15, 0.2) is 0 Å². The molecule has 0 aliphatic heterocycles. The molecule has 0 unspecified atom stereocenters. The molecule has 0 amide bonds. The first kappa shape index (κ1) is 12.8. The van der Waals surface area contributed by atoms with Crippen molar-refractivity contribution >= 4 is 0 Å². The van der Waals surface area contributed by atoms with Crippen LogP contribution >= 0.6 is 0 Å². The van der Waals surface area contributed by atoms with E-state index in [1.165, 1.54) is 22.3 Å². The molecule has 0 heterocycles. The summed E-state index contributed by atoms with van der Waals surface area (Å²) < 4.78 is 10.4. The first-order valence-electron chi connectivity index (χ1n) is 6.00. The minimum atomic E-state index is 0.613.